The Morgan fingerprint density at radius 3 is 1.17 bits per heavy atom. The second-order valence-corrected chi connectivity index (χ2v) is 8.33. The van der Waals surface area contributed by atoms with Crippen LogP contribution < -0.4 is 9.47 Å². The van der Waals surface area contributed by atoms with Gasteiger partial charge >= 0.3 is 11.9 Å². The fourth-order valence-electron chi connectivity index (χ4n) is 4.50. The highest BCUT2D eigenvalue weighted by Gasteiger charge is 2.56. The van der Waals surface area contributed by atoms with Crippen LogP contribution in [0.25, 0.3) is 0 Å². The minimum absolute atomic E-state index is 0.0793. The second kappa shape index (κ2) is 10.2. The summed E-state index contributed by atoms with van der Waals surface area (Å²) in [6.45, 7) is 2.52. The molecule has 0 radical (unpaired) electrons. The predicted octanol–water partition coefficient (Wildman–Crippen LogP) is 4.71. The van der Waals surface area contributed by atoms with Gasteiger partial charge in [-0.05, 0) is 23.3 Å². The molecule has 0 spiro atoms. The Bertz CT molecular complexity index is 1260. The van der Waals surface area contributed by atoms with Crippen LogP contribution >= 0.6 is 0 Å². The van der Waals surface area contributed by atoms with E-state index in [0.29, 0.717) is 11.1 Å². The molecule has 2 atom stereocenters. The van der Waals surface area contributed by atoms with E-state index in [4.69, 9.17) is 9.47 Å². The molecular formula is C30H26O6. The van der Waals surface area contributed by atoms with Gasteiger partial charge in [0.15, 0.2) is 11.2 Å². The molecule has 4 aromatic carbocycles. The van der Waals surface area contributed by atoms with Crippen LogP contribution in [0, 0.1) is 0 Å². The summed E-state index contributed by atoms with van der Waals surface area (Å²) in [6.07, 6.45) is 0. The van der Waals surface area contributed by atoms with Crippen LogP contribution in [0.15, 0.2) is 109 Å². The third kappa shape index (κ3) is 4.40. The maximum Gasteiger partial charge on any atom is 0.308 e. The van der Waals surface area contributed by atoms with Gasteiger partial charge in [0.1, 0.15) is 11.5 Å². The zero-order valence-electron chi connectivity index (χ0n) is 19.9. The normalized spacial score (nSPS) is 14.2. The first-order valence-corrected chi connectivity index (χ1v) is 11.4. The summed E-state index contributed by atoms with van der Waals surface area (Å²) >= 11 is 0. The standard InChI is InChI=1S/C30H26O6/c1-21(31)35-27-19-11-9-17-25(27)29(33,23-13-5-3-6-14-23)30(34,24-15-7-4-8-16-24)26-18-10-12-20-28(26)36-22(2)32/h3-20,33-34H,1-2H3. The van der Waals surface area contributed by atoms with E-state index in [1.54, 1.807) is 109 Å². The lowest BCUT2D eigenvalue weighted by atomic mass is 9.66. The average Bonchev–Trinajstić information content (AvgIpc) is 2.89. The van der Waals surface area contributed by atoms with E-state index < -0.39 is 23.1 Å². The van der Waals surface area contributed by atoms with Gasteiger partial charge < -0.3 is 19.7 Å². The van der Waals surface area contributed by atoms with Crippen LogP contribution in [0.4, 0.5) is 0 Å². The topological polar surface area (TPSA) is 93.1 Å². The lowest BCUT2D eigenvalue weighted by molar-refractivity contribution is -0.135. The van der Waals surface area contributed by atoms with E-state index in [1.807, 2.05) is 0 Å². The SMILES string of the molecule is CC(=O)Oc1ccccc1C(O)(c1ccccc1)C(O)(c1ccccc1)c1ccccc1OC(C)=O. The molecule has 36 heavy (non-hydrogen) atoms. The van der Waals surface area contributed by atoms with Crippen molar-refractivity contribution in [2.45, 2.75) is 25.0 Å². The molecule has 2 unspecified atom stereocenters. The van der Waals surface area contributed by atoms with E-state index in [2.05, 4.69) is 0 Å². The maximum atomic E-state index is 12.9. The highest BCUT2D eigenvalue weighted by atomic mass is 16.5. The largest absolute Gasteiger partial charge is 0.426 e. The number of hydrogen-bond acceptors (Lipinski definition) is 6. The van der Waals surface area contributed by atoms with Crippen molar-refractivity contribution in [1.82, 2.24) is 0 Å². The quantitative estimate of drug-likeness (QED) is 0.293. The van der Waals surface area contributed by atoms with Gasteiger partial charge in [0, 0.05) is 25.0 Å². The van der Waals surface area contributed by atoms with Crippen LogP contribution in [0.1, 0.15) is 36.1 Å². The number of carbonyl (C=O) groups excluding carboxylic acids is 2. The minimum atomic E-state index is -2.21. The highest BCUT2D eigenvalue weighted by molar-refractivity contribution is 5.72. The number of carbonyl (C=O) groups is 2. The number of rotatable bonds is 7. The third-order valence-corrected chi connectivity index (χ3v) is 5.97. The Balaban J connectivity index is 2.16. The fraction of sp³-hybridized carbons (Fsp3) is 0.133. The molecular weight excluding hydrogens is 456 g/mol. The summed E-state index contributed by atoms with van der Waals surface area (Å²) in [5, 5.41) is 25.7. The molecule has 0 saturated heterocycles. The van der Waals surface area contributed by atoms with E-state index in [1.165, 1.54) is 13.8 Å². The first-order valence-electron chi connectivity index (χ1n) is 11.4. The molecule has 0 heterocycles. The lowest BCUT2D eigenvalue weighted by Crippen LogP contribution is -2.51. The van der Waals surface area contributed by atoms with Crippen molar-refractivity contribution in [2.75, 3.05) is 0 Å². The van der Waals surface area contributed by atoms with Crippen molar-refractivity contribution in [3.05, 3.63) is 131 Å². The van der Waals surface area contributed by atoms with Gasteiger partial charge in [-0.1, -0.05) is 97.1 Å². The van der Waals surface area contributed by atoms with Gasteiger partial charge in [0.2, 0.25) is 0 Å². The van der Waals surface area contributed by atoms with Crippen LogP contribution in [0.2, 0.25) is 0 Å². The van der Waals surface area contributed by atoms with Gasteiger partial charge in [-0.2, -0.15) is 0 Å². The number of hydrogen-bond donors (Lipinski definition) is 2. The first-order chi connectivity index (χ1) is 17.3. The van der Waals surface area contributed by atoms with Gasteiger partial charge in [-0.15, -0.1) is 0 Å². The number of benzene rings is 4. The molecule has 0 aliphatic heterocycles. The molecule has 0 saturated carbocycles. The smallest absolute Gasteiger partial charge is 0.308 e. The summed E-state index contributed by atoms with van der Waals surface area (Å²) in [4.78, 5) is 23.9. The summed E-state index contributed by atoms with van der Waals surface area (Å²) < 4.78 is 11.0. The van der Waals surface area contributed by atoms with Crippen molar-refractivity contribution < 1.29 is 29.3 Å². The molecule has 0 fully saturated rings. The monoisotopic (exact) mass is 482 g/mol. The molecule has 4 rings (SSSR count). The fourth-order valence-corrected chi connectivity index (χ4v) is 4.50. The van der Waals surface area contributed by atoms with E-state index in [0.717, 1.165) is 0 Å². The zero-order valence-corrected chi connectivity index (χ0v) is 19.9. The van der Waals surface area contributed by atoms with Crippen molar-refractivity contribution in [1.29, 1.82) is 0 Å². The van der Waals surface area contributed by atoms with Gasteiger partial charge in [0.25, 0.3) is 0 Å². The Morgan fingerprint density at radius 2 is 0.833 bits per heavy atom. The van der Waals surface area contributed by atoms with E-state index in [-0.39, 0.29) is 22.6 Å². The number of aliphatic hydroxyl groups is 2. The molecule has 0 aromatic heterocycles. The molecule has 0 amide bonds. The zero-order chi connectivity index (χ0) is 25.8. The average molecular weight is 483 g/mol. The van der Waals surface area contributed by atoms with Crippen molar-refractivity contribution in [3.63, 3.8) is 0 Å². The van der Waals surface area contributed by atoms with Gasteiger partial charge in [0.05, 0.1) is 0 Å². The lowest BCUT2D eigenvalue weighted by Gasteiger charge is -2.45. The predicted molar refractivity (Wildman–Crippen MR) is 134 cm³/mol. The summed E-state index contributed by atoms with van der Waals surface area (Å²) in [5.41, 5.74) is -3.47. The molecule has 0 aliphatic carbocycles. The summed E-state index contributed by atoms with van der Waals surface area (Å²) in [5.74, 6) is -1.01. The summed E-state index contributed by atoms with van der Waals surface area (Å²) in [6, 6.07) is 30.2. The van der Waals surface area contributed by atoms with Crippen LogP contribution in [-0.2, 0) is 20.8 Å². The van der Waals surface area contributed by atoms with Gasteiger partial charge in [-0.3, -0.25) is 9.59 Å². The van der Waals surface area contributed by atoms with Gasteiger partial charge in [-0.25, -0.2) is 0 Å². The molecule has 0 aliphatic rings. The van der Waals surface area contributed by atoms with Crippen molar-refractivity contribution in [2.24, 2.45) is 0 Å². The summed E-state index contributed by atoms with van der Waals surface area (Å²) in [7, 11) is 0. The number of para-hydroxylation sites is 2. The number of esters is 2. The Hall–Kier alpha value is -4.26. The Kier molecular flexibility index (Phi) is 7.01. The third-order valence-electron chi connectivity index (χ3n) is 5.97. The van der Waals surface area contributed by atoms with Crippen LogP contribution in [0.5, 0.6) is 11.5 Å². The van der Waals surface area contributed by atoms with Crippen molar-refractivity contribution >= 4 is 11.9 Å². The van der Waals surface area contributed by atoms with Crippen LogP contribution in [0.3, 0.4) is 0 Å². The minimum Gasteiger partial charge on any atom is -0.426 e. The molecule has 6 heteroatoms. The Morgan fingerprint density at radius 1 is 0.528 bits per heavy atom. The highest BCUT2D eigenvalue weighted by Crippen LogP contribution is 2.53. The molecule has 4 aromatic rings. The van der Waals surface area contributed by atoms with Crippen molar-refractivity contribution in [3.8, 4) is 11.5 Å². The maximum absolute atomic E-state index is 12.9. The van der Waals surface area contributed by atoms with Crippen LogP contribution in [-0.4, -0.2) is 22.2 Å². The molecule has 182 valence electrons. The molecule has 6 nitrogen and oxygen atoms in total. The Labute approximate surface area is 209 Å². The second-order valence-electron chi connectivity index (χ2n) is 8.33. The molecule has 0 bridgehead atoms. The number of ether oxygens (including phenoxy) is 2. The first kappa shape index (κ1) is 24.9. The van der Waals surface area contributed by atoms with E-state index >= 15 is 0 Å². The van der Waals surface area contributed by atoms with E-state index in [9.17, 15) is 19.8 Å². The molecule has 2 N–H and O–H groups in total.